The van der Waals surface area contributed by atoms with Crippen molar-refractivity contribution in [3.05, 3.63) is 59.7 Å². The maximum absolute atomic E-state index is 13.2. The van der Waals surface area contributed by atoms with Crippen molar-refractivity contribution in [1.29, 1.82) is 0 Å². The highest BCUT2D eigenvalue weighted by Crippen LogP contribution is 2.44. The summed E-state index contributed by atoms with van der Waals surface area (Å²) in [6, 6.07) is 14.4. The summed E-state index contributed by atoms with van der Waals surface area (Å²) < 4.78 is 5.62. The van der Waals surface area contributed by atoms with Gasteiger partial charge in [0.2, 0.25) is 5.91 Å². The Morgan fingerprint density at radius 1 is 1.09 bits per heavy atom. The summed E-state index contributed by atoms with van der Waals surface area (Å²) in [5, 5.41) is 12.3. The van der Waals surface area contributed by atoms with Crippen LogP contribution in [0.1, 0.15) is 51.2 Å². The van der Waals surface area contributed by atoms with E-state index in [1.807, 2.05) is 64.1 Å². The van der Waals surface area contributed by atoms with Gasteiger partial charge in [0.1, 0.15) is 18.7 Å². The Hall–Kier alpha value is -3.35. The van der Waals surface area contributed by atoms with E-state index in [9.17, 15) is 19.5 Å². The van der Waals surface area contributed by atoms with Gasteiger partial charge in [-0.3, -0.25) is 4.79 Å². The van der Waals surface area contributed by atoms with Gasteiger partial charge in [-0.1, -0.05) is 82.6 Å². The Labute approximate surface area is 200 Å². The van der Waals surface area contributed by atoms with Crippen LogP contribution in [0.25, 0.3) is 11.1 Å². The number of alkyl carbamates (subject to hydrolysis) is 1. The van der Waals surface area contributed by atoms with Crippen molar-refractivity contribution in [3.8, 4) is 11.1 Å². The number of carboxylic acids is 1. The molecule has 1 aliphatic heterocycles. The summed E-state index contributed by atoms with van der Waals surface area (Å²) in [7, 11) is 0. The molecule has 180 valence electrons. The number of nitrogens with one attached hydrogen (secondary N) is 1. The molecule has 7 heteroatoms. The van der Waals surface area contributed by atoms with Crippen LogP contribution < -0.4 is 5.32 Å². The number of carbonyl (C=O) groups excluding carboxylic acids is 2. The van der Waals surface area contributed by atoms with Crippen LogP contribution in [-0.4, -0.2) is 53.2 Å². The molecule has 2 N–H and O–H groups in total. The van der Waals surface area contributed by atoms with Crippen LogP contribution in [0.2, 0.25) is 0 Å². The van der Waals surface area contributed by atoms with Gasteiger partial charge in [0, 0.05) is 17.9 Å². The molecule has 0 spiro atoms. The lowest BCUT2D eigenvalue weighted by atomic mass is 9.74. The van der Waals surface area contributed by atoms with Crippen LogP contribution in [0.15, 0.2) is 48.5 Å². The number of carboxylic acid groups (broad SMARTS) is 1. The van der Waals surface area contributed by atoms with Gasteiger partial charge in [0.05, 0.1) is 0 Å². The van der Waals surface area contributed by atoms with Crippen LogP contribution in [-0.2, 0) is 14.3 Å². The minimum absolute atomic E-state index is 0.0801. The van der Waals surface area contributed by atoms with Gasteiger partial charge in [-0.25, -0.2) is 9.59 Å². The lowest BCUT2D eigenvalue weighted by Crippen LogP contribution is -2.70. The third kappa shape index (κ3) is 4.15. The first kappa shape index (κ1) is 23.8. The molecule has 3 unspecified atom stereocenters. The third-order valence-electron chi connectivity index (χ3n) is 7.24. The Bertz CT molecular complexity index is 1070. The average molecular weight is 465 g/mol. The van der Waals surface area contributed by atoms with Crippen molar-refractivity contribution in [3.63, 3.8) is 0 Å². The van der Waals surface area contributed by atoms with Crippen molar-refractivity contribution in [2.75, 3.05) is 13.2 Å². The molecule has 7 nitrogen and oxygen atoms in total. The molecule has 0 radical (unpaired) electrons. The number of nitrogens with zero attached hydrogens (tertiary/aromatic N) is 1. The van der Waals surface area contributed by atoms with Crippen LogP contribution in [0, 0.1) is 11.3 Å². The van der Waals surface area contributed by atoms with Crippen LogP contribution in [0.4, 0.5) is 4.79 Å². The highest BCUT2D eigenvalue weighted by Gasteiger charge is 2.54. The van der Waals surface area contributed by atoms with Crippen molar-refractivity contribution in [2.24, 2.45) is 11.3 Å². The highest BCUT2D eigenvalue weighted by atomic mass is 16.5. The SMILES string of the molecule is CCC(C)C(NC(=O)OCC1c2ccccc2-c2ccccc21)C(=O)N1CC(C)(C)C1C(=O)O. The second kappa shape index (κ2) is 9.12. The number of hydrogen-bond acceptors (Lipinski definition) is 4. The molecule has 0 saturated carbocycles. The van der Waals surface area contributed by atoms with E-state index in [4.69, 9.17) is 4.74 Å². The maximum Gasteiger partial charge on any atom is 0.407 e. The normalized spacial score (nSPS) is 19.9. The number of ether oxygens (including phenoxy) is 1. The number of fused-ring (bicyclic) bond motifs is 3. The van der Waals surface area contributed by atoms with Crippen molar-refractivity contribution in [1.82, 2.24) is 10.2 Å². The third-order valence-corrected chi connectivity index (χ3v) is 7.24. The molecule has 2 amide bonds. The Balaban J connectivity index is 1.46. The monoisotopic (exact) mass is 464 g/mol. The second-order valence-corrected chi connectivity index (χ2v) is 10.0. The molecule has 1 saturated heterocycles. The summed E-state index contributed by atoms with van der Waals surface area (Å²) in [6.07, 6.45) is -0.0261. The molecule has 4 rings (SSSR count). The number of amides is 2. The van der Waals surface area contributed by atoms with Gasteiger partial charge in [-0.2, -0.15) is 0 Å². The van der Waals surface area contributed by atoms with E-state index in [0.717, 1.165) is 22.3 Å². The van der Waals surface area contributed by atoms with Crippen molar-refractivity contribution >= 4 is 18.0 Å². The molecule has 0 bridgehead atoms. The van der Waals surface area contributed by atoms with E-state index in [0.29, 0.717) is 13.0 Å². The van der Waals surface area contributed by atoms with E-state index >= 15 is 0 Å². The predicted octanol–water partition coefficient (Wildman–Crippen LogP) is 4.26. The summed E-state index contributed by atoms with van der Waals surface area (Å²) in [4.78, 5) is 39.1. The number of aliphatic carboxylic acids is 1. The smallest absolute Gasteiger partial charge is 0.407 e. The second-order valence-electron chi connectivity index (χ2n) is 10.0. The van der Waals surface area contributed by atoms with Gasteiger partial charge in [-0.05, 0) is 28.2 Å². The first-order valence-corrected chi connectivity index (χ1v) is 11.8. The summed E-state index contributed by atoms with van der Waals surface area (Å²) >= 11 is 0. The standard InChI is InChI=1S/C27H32N2O5/c1-5-16(2)22(24(30)29-15-27(3,4)23(29)25(31)32)28-26(33)34-14-21-19-12-8-6-10-17(19)18-11-7-9-13-20(18)21/h6-13,16,21-23H,5,14-15H2,1-4H3,(H,28,33)(H,31,32). The summed E-state index contributed by atoms with van der Waals surface area (Å²) in [5.74, 6) is -1.67. The zero-order valence-corrected chi connectivity index (χ0v) is 20.1. The summed E-state index contributed by atoms with van der Waals surface area (Å²) in [6.45, 7) is 7.93. The van der Waals surface area contributed by atoms with Crippen molar-refractivity contribution < 1.29 is 24.2 Å². The largest absolute Gasteiger partial charge is 0.480 e. The van der Waals surface area contributed by atoms with E-state index in [-0.39, 0.29) is 24.3 Å². The van der Waals surface area contributed by atoms with Gasteiger partial charge in [0.25, 0.3) is 0 Å². The Kier molecular flexibility index (Phi) is 6.39. The van der Waals surface area contributed by atoms with Gasteiger partial charge in [0.15, 0.2) is 0 Å². The number of hydrogen-bond donors (Lipinski definition) is 2. The Morgan fingerprint density at radius 3 is 2.15 bits per heavy atom. The number of benzene rings is 2. The lowest BCUT2D eigenvalue weighted by molar-refractivity contribution is -0.173. The highest BCUT2D eigenvalue weighted by molar-refractivity contribution is 5.91. The van der Waals surface area contributed by atoms with E-state index < -0.39 is 29.6 Å². The fourth-order valence-corrected chi connectivity index (χ4v) is 5.23. The zero-order chi connectivity index (χ0) is 24.6. The lowest BCUT2D eigenvalue weighted by Gasteiger charge is -2.52. The molecule has 1 fully saturated rings. The number of likely N-dealkylation sites (tertiary alicyclic amines) is 1. The molecular formula is C27H32N2O5. The number of rotatable bonds is 7. The molecule has 1 aliphatic carbocycles. The van der Waals surface area contributed by atoms with E-state index in [1.165, 1.54) is 4.90 Å². The zero-order valence-electron chi connectivity index (χ0n) is 20.1. The van der Waals surface area contributed by atoms with E-state index in [2.05, 4.69) is 17.4 Å². The fourth-order valence-electron chi connectivity index (χ4n) is 5.23. The van der Waals surface area contributed by atoms with Crippen LogP contribution in [0.3, 0.4) is 0 Å². The van der Waals surface area contributed by atoms with Crippen LogP contribution >= 0.6 is 0 Å². The first-order valence-electron chi connectivity index (χ1n) is 11.8. The molecule has 2 aromatic carbocycles. The topological polar surface area (TPSA) is 95.9 Å². The van der Waals surface area contributed by atoms with Gasteiger partial charge in [-0.15, -0.1) is 0 Å². The quantitative estimate of drug-likeness (QED) is 0.638. The van der Waals surface area contributed by atoms with E-state index in [1.54, 1.807) is 0 Å². The minimum Gasteiger partial charge on any atom is -0.480 e. The first-order chi connectivity index (χ1) is 16.2. The molecule has 34 heavy (non-hydrogen) atoms. The van der Waals surface area contributed by atoms with Gasteiger partial charge < -0.3 is 20.1 Å². The fraction of sp³-hybridized carbons (Fsp3) is 0.444. The molecule has 2 aromatic rings. The molecular weight excluding hydrogens is 432 g/mol. The predicted molar refractivity (Wildman–Crippen MR) is 128 cm³/mol. The molecule has 1 heterocycles. The Morgan fingerprint density at radius 2 is 1.65 bits per heavy atom. The van der Waals surface area contributed by atoms with Crippen LogP contribution in [0.5, 0.6) is 0 Å². The molecule has 0 aromatic heterocycles. The molecule has 3 atom stereocenters. The average Bonchev–Trinajstić information content (AvgIpc) is 3.12. The van der Waals surface area contributed by atoms with Crippen molar-refractivity contribution in [2.45, 2.75) is 52.1 Å². The number of carbonyl (C=O) groups is 3. The molecule has 2 aliphatic rings. The minimum atomic E-state index is -1.03. The van der Waals surface area contributed by atoms with Gasteiger partial charge >= 0.3 is 12.1 Å². The maximum atomic E-state index is 13.2. The summed E-state index contributed by atoms with van der Waals surface area (Å²) in [5.41, 5.74) is 3.99.